The number of nitrogens with zero attached hydrogens (tertiary/aromatic N) is 2. The first-order valence-corrected chi connectivity index (χ1v) is 10.9. The molecule has 0 aliphatic heterocycles. The SMILES string of the molecule is COc1ccc(-c2sc(=NC(=O)c3cccs3)n(C)c2-c2ccc(OC)cc2)cc1. The molecule has 0 saturated heterocycles. The molecule has 4 rings (SSSR count). The Kier molecular flexibility index (Phi) is 5.83. The molecular formula is C23H20N2O3S2. The van der Waals surface area contributed by atoms with Crippen molar-refractivity contribution >= 4 is 28.6 Å². The van der Waals surface area contributed by atoms with E-state index in [2.05, 4.69) is 4.99 Å². The monoisotopic (exact) mass is 436 g/mol. The van der Waals surface area contributed by atoms with E-state index < -0.39 is 0 Å². The molecule has 0 fully saturated rings. The van der Waals surface area contributed by atoms with Gasteiger partial charge in [0, 0.05) is 7.05 Å². The van der Waals surface area contributed by atoms with Crippen LogP contribution in [0.3, 0.4) is 0 Å². The number of amides is 1. The number of thiazole rings is 1. The van der Waals surface area contributed by atoms with Crippen molar-refractivity contribution in [2.75, 3.05) is 14.2 Å². The smallest absolute Gasteiger partial charge is 0.289 e. The van der Waals surface area contributed by atoms with Gasteiger partial charge in [-0.3, -0.25) is 4.79 Å². The highest BCUT2D eigenvalue weighted by Crippen LogP contribution is 2.35. The van der Waals surface area contributed by atoms with Crippen molar-refractivity contribution < 1.29 is 14.3 Å². The second kappa shape index (κ2) is 8.69. The number of ether oxygens (including phenoxy) is 2. The van der Waals surface area contributed by atoms with Crippen molar-refractivity contribution in [1.29, 1.82) is 0 Å². The van der Waals surface area contributed by atoms with Crippen LogP contribution in [0, 0.1) is 0 Å². The van der Waals surface area contributed by atoms with Crippen LogP contribution < -0.4 is 14.3 Å². The summed E-state index contributed by atoms with van der Waals surface area (Å²) in [6.07, 6.45) is 0. The standard InChI is InChI=1S/C23H20N2O3S2/c1-25-20(15-6-10-17(27-2)11-7-15)21(16-8-12-18(28-3)13-9-16)30-23(25)24-22(26)19-5-4-14-29-19/h4-14H,1-3H3. The lowest BCUT2D eigenvalue weighted by Crippen LogP contribution is -2.14. The second-order valence-electron chi connectivity index (χ2n) is 6.47. The van der Waals surface area contributed by atoms with Crippen molar-refractivity contribution in [3.8, 4) is 33.2 Å². The molecule has 0 aliphatic rings. The quantitative estimate of drug-likeness (QED) is 0.430. The van der Waals surface area contributed by atoms with Crippen molar-refractivity contribution in [1.82, 2.24) is 4.57 Å². The van der Waals surface area contributed by atoms with Crippen molar-refractivity contribution in [2.45, 2.75) is 0 Å². The Morgan fingerprint density at radius 1 is 0.900 bits per heavy atom. The zero-order valence-electron chi connectivity index (χ0n) is 16.8. The highest BCUT2D eigenvalue weighted by atomic mass is 32.1. The van der Waals surface area contributed by atoms with Gasteiger partial charge in [0.25, 0.3) is 5.91 Å². The average molecular weight is 437 g/mol. The summed E-state index contributed by atoms with van der Waals surface area (Å²) in [5.74, 6) is 1.35. The van der Waals surface area contributed by atoms with E-state index >= 15 is 0 Å². The fourth-order valence-corrected chi connectivity index (χ4v) is 4.86. The number of methoxy groups -OCH3 is 2. The Morgan fingerprint density at radius 2 is 1.50 bits per heavy atom. The molecule has 0 bridgehead atoms. The maximum atomic E-state index is 12.6. The number of hydrogen-bond donors (Lipinski definition) is 0. The first-order valence-electron chi connectivity index (χ1n) is 9.22. The molecule has 4 aromatic rings. The summed E-state index contributed by atoms with van der Waals surface area (Å²) in [5, 5.41) is 1.88. The van der Waals surface area contributed by atoms with Gasteiger partial charge in [-0.15, -0.1) is 11.3 Å². The molecule has 0 aliphatic carbocycles. The number of hydrogen-bond acceptors (Lipinski definition) is 5. The molecular weight excluding hydrogens is 416 g/mol. The largest absolute Gasteiger partial charge is 0.497 e. The van der Waals surface area contributed by atoms with Crippen LogP contribution in [0.15, 0.2) is 71.0 Å². The molecule has 0 spiro atoms. The molecule has 0 radical (unpaired) electrons. The van der Waals surface area contributed by atoms with Gasteiger partial charge in [-0.2, -0.15) is 4.99 Å². The molecule has 152 valence electrons. The number of carbonyl (C=O) groups is 1. The van der Waals surface area contributed by atoms with Gasteiger partial charge < -0.3 is 14.0 Å². The van der Waals surface area contributed by atoms with Gasteiger partial charge in [0.05, 0.1) is 29.7 Å². The second-order valence-corrected chi connectivity index (χ2v) is 8.40. The molecule has 0 N–H and O–H groups in total. The third-order valence-corrected chi connectivity index (χ3v) is 6.71. The van der Waals surface area contributed by atoms with Gasteiger partial charge >= 0.3 is 0 Å². The van der Waals surface area contributed by atoms with Crippen LogP contribution in [0.1, 0.15) is 9.67 Å². The minimum atomic E-state index is -0.232. The lowest BCUT2D eigenvalue weighted by molar-refractivity contribution is 0.100. The highest BCUT2D eigenvalue weighted by molar-refractivity contribution is 7.13. The molecule has 0 unspecified atom stereocenters. The summed E-state index contributed by atoms with van der Waals surface area (Å²) in [7, 11) is 5.23. The number of rotatable bonds is 5. The first kappa shape index (κ1) is 20.1. The Hall–Kier alpha value is -3.16. The summed E-state index contributed by atoms with van der Waals surface area (Å²) >= 11 is 2.88. The Balaban J connectivity index is 1.89. The predicted octanol–water partition coefficient (Wildman–Crippen LogP) is 5.24. The van der Waals surface area contributed by atoms with Gasteiger partial charge in [-0.25, -0.2) is 0 Å². The molecule has 0 saturated carbocycles. The van der Waals surface area contributed by atoms with Crippen molar-refractivity contribution in [2.24, 2.45) is 12.0 Å². The van der Waals surface area contributed by atoms with Crippen LogP contribution in [0.4, 0.5) is 0 Å². The predicted molar refractivity (Wildman–Crippen MR) is 121 cm³/mol. The molecule has 7 heteroatoms. The molecule has 5 nitrogen and oxygen atoms in total. The van der Waals surface area contributed by atoms with Crippen molar-refractivity contribution in [3.63, 3.8) is 0 Å². The Labute approximate surface area is 182 Å². The first-order chi connectivity index (χ1) is 14.6. The van der Waals surface area contributed by atoms with Gasteiger partial charge in [-0.05, 0) is 71.1 Å². The molecule has 2 heterocycles. The Morgan fingerprint density at radius 3 is 2.03 bits per heavy atom. The average Bonchev–Trinajstić information content (AvgIpc) is 3.43. The third kappa shape index (κ3) is 3.94. The van der Waals surface area contributed by atoms with Crippen LogP contribution in [0.25, 0.3) is 21.7 Å². The minimum absolute atomic E-state index is 0.232. The molecule has 0 atom stereocenters. The molecule has 2 aromatic carbocycles. The maximum Gasteiger partial charge on any atom is 0.289 e. The molecule has 30 heavy (non-hydrogen) atoms. The lowest BCUT2D eigenvalue weighted by Gasteiger charge is -2.09. The van der Waals surface area contributed by atoms with Gasteiger partial charge in [0.15, 0.2) is 4.80 Å². The topological polar surface area (TPSA) is 52.8 Å². The van der Waals surface area contributed by atoms with Gasteiger partial charge in [-0.1, -0.05) is 17.4 Å². The third-order valence-electron chi connectivity index (χ3n) is 4.68. The number of benzene rings is 2. The van der Waals surface area contributed by atoms with E-state index in [0.29, 0.717) is 9.68 Å². The Bertz CT molecular complexity index is 1220. The van der Waals surface area contributed by atoms with E-state index in [9.17, 15) is 4.79 Å². The number of thiophene rings is 1. The van der Waals surface area contributed by atoms with E-state index in [-0.39, 0.29) is 5.91 Å². The van der Waals surface area contributed by atoms with Gasteiger partial charge in [0.1, 0.15) is 11.5 Å². The van der Waals surface area contributed by atoms with E-state index in [1.807, 2.05) is 71.6 Å². The zero-order chi connectivity index (χ0) is 21.1. The zero-order valence-corrected chi connectivity index (χ0v) is 18.4. The van der Waals surface area contributed by atoms with E-state index in [0.717, 1.165) is 33.2 Å². The minimum Gasteiger partial charge on any atom is -0.497 e. The summed E-state index contributed by atoms with van der Waals surface area (Å²) in [4.78, 5) is 19.3. The fourth-order valence-electron chi connectivity index (χ4n) is 3.11. The van der Waals surface area contributed by atoms with Crippen LogP contribution in [0.2, 0.25) is 0 Å². The summed E-state index contributed by atoms with van der Waals surface area (Å²) in [6.45, 7) is 0. The van der Waals surface area contributed by atoms with Crippen molar-refractivity contribution in [3.05, 3.63) is 75.7 Å². The maximum absolute atomic E-state index is 12.6. The molecule has 1 amide bonds. The summed E-state index contributed by atoms with van der Waals surface area (Å²) in [6, 6.07) is 19.4. The lowest BCUT2D eigenvalue weighted by atomic mass is 10.1. The molecule has 2 aromatic heterocycles. The van der Waals surface area contributed by atoms with Gasteiger partial charge in [0.2, 0.25) is 0 Å². The summed E-state index contributed by atoms with van der Waals surface area (Å²) in [5.41, 5.74) is 3.04. The van der Waals surface area contributed by atoms with Crippen LogP contribution >= 0.6 is 22.7 Å². The number of carbonyl (C=O) groups excluding carboxylic acids is 1. The fraction of sp³-hybridized carbons (Fsp3) is 0.130. The normalized spacial score (nSPS) is 11.5. The van der Waals surface area contributed by atoms with Crippen LogP contribution in [-0.2, 0) is 7.05 Å². The van der Waals surface area contributed by atoms with E-state index in [1.54, 1.807) is 20.3 Å². The van der Waals surface area contributed by atoms with E-state index in [4.69, 9.17) is 9.47 Å². The van der Waals surface area contributed by atoms with Crippen LogP contribution in [-0.4, -0.2) is 24.7 Å². The highest BCUT2D eigenvalue weighted by Gasteiger charge is 2.17. The summed E-state index contributed by atoms with van der Waals surface area (Å²) < 4.78 is 12.6. The van der Waals surface area contributed by atoms with E-state index in [1.165, 1.54) is 22.7 Å². The number of aromatic nitrogens is 1. The van der Waals surface area contributed by atoms with Crippen LogP contribution in [0.5, 0.6) is 11.5 Å².